The van der Waals surface area contributed by atoms with Crippen molar-refractivity contribution in [3.05, 3.63) is 24.2 Å². The van der Waals surface area contributed by atoms with Crippen LogP contribution in [-0.2, 0) is 0 Å². The minimum absolute atomic E-state index is 0.144. The van der Waals surface area contributed by atoms with Crippen LogP contribution in [0.4, 0.5) is 18.0 Å². The Morgan fingerprint density at radius 3 is 2.54 bits per heavy atom. The van der Waals surface area contributed by atoms with E-state index in [4.69, 9.17) is 4.42 Å². The fourth-order valence-electron chi connectivity index (χ4n) is 2.68. The number of carbonyl (C=O) groups is 1. The number of urea groups is 1. The smallest absolute Gasteiger partial charge is 0.417 e. The molecule has 1 unspecified atom stereocenters. The summed E-state index contributed by atoms with van der Waals surface area (Å²) in [7, 11) is 3.67. The van der Waals surface area contributed by atoms with Crippen molar-refractivity contribution in [1.29, 1.82) is 0 Å². The Morgan fingerprint density at radius 2 is 2.08 bits per heavy atom. The molecule has 1 aromatic rings. The second kappa shape index (κ2) is 7.02. The predicted octanol–water partition coefficient (Wildman–Crippen LogP) is 1.98. The van der Waals surface area contributed by atoms with Crippen LogP contribution >= 0.6 is 0 Å². The van der Waals surface area contributed by atoms with E-state index in [-0.39, 0.29) is 25.7 Å². The van der Waals surface area contributed by atoms with Crippen LogP contribution in [-0.4, -0.2) is 66.4 Å². The lowest BCUT2D eigenvalue weighted by Crippen LogP contribution is -2.56. The average Bonchev–Trinajstić information content (AvgIpc) is 3.00. The summed E-state index contributed by atoms with van der Waals surface area (Å²) in [5, 5.41) is 12.3. The van der Waals surface area contributed by atoms with Gasteiger partial charge in [-0.05, 0) is 26.2 Å². The lowest BCUT2D eigenvalue weighted by atomic mass is 9.91. The molecule has 0 bridgehead atoms. The molecule has 0 radical (unpaired) electrons. The highest BCUT2D eigenvalue weighted by Crippen LogP contribution is 2.38. The summed E-state index contributed by atoms with van der Waals surface area (Å²) in [6.07, 6.45) is -4.17. The number of amides is 2. The van der Waals surface area contributed by atoms with Crippen molar-refractivity contribution in [2.75, 3.05) is 33.7 Å². The van der Waals surface area contributed by atoms with E-state index in [0.29, 0.717) is 5.76 Å². The summed E-state index contributed by atoms with van der Waals surface area (Å²) >= 11 is 0. The van der Waals surface area contributed by atoms with Crippen LogP contribution in [0.1, 0.15) is 24.6 Å². The summed E-state index contributed by atoms with van der Waals surface area (Å²) in [6, 6.07) is 2.91. The summed E-state index contributed by atoms with van der Waals surface area (Å²) in [5.74, 6) is 0.686. The number of nitrogens with zero attached hydrogens (tertiary/aromatic N) is 2. The fraction of sp³-hybridized carbons (Fsp3) is 0.667. The van der Waals surface area contributed by atoms with Gasteiger partial charge in [-0.1, -0.05) is 0 Å². The zero-order valence-corrected chi connectivity index (χ0v) is 13.6. The fourth-order valence-corrected chi connectivity index (χ4v) is 2.68. The predicted molar refractivity (Wildman–Crippen MR) is 80.3 cm³/mol. The van der Waals surface area contributed by atoms with Crippen LogP contribution in [0.3, 0.4) is 0 Å². The number of halogens is 3. The van der Waals surface area contributed by atoms with E-state index in [1.54, 1.807) is 12.1 Å². The maximum Gasteiger partial charge on any atom is 0.417 e. The number of piperidine rings is 1. The van der Waals surface area contributed by atoms with E-state index < -0.39 is 30.7 Å². The first-order chi connectivity index (χ1) is 11.1. The average molecular weight is 349 g/mol. The van der Waals surface area contributed by atoms with Gasteiger partial charge in [0, 0.05) is 32.5 Å². The summed E-state index contributed by atoms with van der Waals surface area (Å²) < 4.78 is 43.6. The number of alkyl halides is 3. The number of hydrogen-bond acceptors (Lipinski definition) is 4. The standard InChI is InChI=1S/C15H22F3N3O3/c1-20(2)11(12-4-3-9-24-12)10-19-13(22)21-7-5-14(23,6-8-21)15(16,17)18/h3-4,9,11,23H,5-8,10H2,1-2H3,(H,19,22). The summed E-state index contributed by atoms with van der Waals surface area (Å²) in [4.78, 5) is 15.3. The van der Waals surface area contributed by atoms with Crippen molar-refractivity contribution in [1.82, 2.24) is 15.1 Å². The molecule has 6 nitrogen and oxygen atoms in total. The Hall–Kier alpha value is -1.74. The Morgan fingerprint density at radius 1 is 1.46 bits per heavy atom. The van der Waals surface area contributed by atoms with Gasteiger partial charge in [0.15, 0.2) is 5.60 Å². The van der Waals surface area contributed by atoms with E-state index in [0.717, 1.165) is 0 Å². The van der Waals surface area contributed by atoms with Crippen LogP contribution in [0, 0.1) is 0 Å². The van der Waals surface area contributed by atoms with Crippen molar-refractivity contribution in [2.24, 2.45) is 0 Å². The minimum atomic E-state index is -4.68. The molecule has 2 N–H and O–H groups in total. The third-order valence-electron chi connectivity index (χ3n) is 4.35. The molecule has 1 aliphatic heterocycles. The van der Waals surface area contributed by atoms with Gasteiger partial charge in [0.1, 0.15) is 5.76 Å². The molecule has 2 amide bonds. The van der Waals surface area contributed by atoms with E-state index in [2.05, 4.69) is 5.32 Å². The molecule has 1 saturated heterocycles. The van der Waals surface area contributed by atoms with Crippen LogP contribution in [0.2, 0.25) is 0 Å². The molecule has 136 valence electrons. The van der Waals surface area contributed by atoms with Crippen molar-refractivity contribution in [2.45, 2.75) is 30.7 Å². The molecule has 2 rings (SSSR count). The Bertz CT molecular complexity index is 538. The normalized spacial score (nSPS) is 19.4. The van der Waals surface area contributed by atoms with Crippen molar-refractivity contribution >= 4 is 6.03 Å². The van der Waals surface area contributed by atoms with Gasteiger partial charge in [-0.2, -0.15) is 13.2 Å². The molecular weight excluding hydrogens is 327 g/mol. The first-order valence-corrected chi connectivity index (χ1v) is 7.66. The largest absolute Gasteiger partial charge is 0.468 e. The van der Waals surface area contributed by atoms with E-state index >= 15 is 0 Å². The molecule has 1 aromatic heterocycles. The molecule has 0 aliphatic carbocycles. The van der Waals surface area contributed by atoms with Crippen LogP contribution in [0.15, 0.2) is 22.8 Å². The highest BCUT2D eigenvalue weighted by molar-refractivity contribution is 5.74. The first-order valence-electron chi connectivity index (χ1n) is 7.66. The molecule has 1 fully saturated rings. The second-order valence-electron chi connectivity index (χ2n) is 6.20. The number of likely N-dealkylation sites (tertiary alicyclic amines) is 1. The zero-order valence-electron chi connectivity index (χ0n) is 13.6. The van der Waals surface area contributed by atoms with Crippen molar-refractivity contribution < 1.29 is 27.5 Å². The third-order valence-corrected chi connectivity index (χ3v) is 4.35. The van der Waals surface area contributed by atoms with Crippen LogP contribution in [0.5, 0.6) is 0 Å². The van der Waals surface area contributed by atoms with Gasteiger partial charge < -0.3 is 19.7 Å². The molecular formula is C15H22F3N3O3. The maximum atomic E-state index is 12.8. The number of aliphatic hydroxyl groups is 1. The van der Waals surface area contributed by atoms with Gasteiger partial charge >= 0.3 is 12.2 Å². The number of carbonyl (C=O) groups excluding carboxylic acids is 1. The van der Waals surface area contributed by atoms with E-state index in [1.807, 2.05) is 19.0 Å². The Labute approximate surface area is 138 Å². The van der Waals surface area contributed by atoms with Gasteiger partial charge in [-0.3, -0.25) is 4.90 Å². The van der Waals surface area contributed by atoms with E-state index in [1.165, 1.54) is 11.2 Å². The van der Waals surface area contributed by atoms with Gasteiger partial charge in [0.25, 0.3) is 0 Å². The van der Waals surface area contributed by atoms with E-state index in [9.17, 15) is 23.1 Å². The zero-order chi connectivity index (χ0) is 18.0. The number of nitrogens with one attached hydrogen (secondary N) is 1. The van der Waals surface area contributed by atoms with Gasteiger partial charge in [0.2, 0.25) is 0 Å². The topological polar surface area (TPSA) is 69.0 Å². The summed E-state index contributed by atoms with van der Waals surface area (Å²) in [6.45, 7) is -0.0240. The van der Waals surface area contributed by atoms with Crippen LogP contribution in [0.25, 0.3) is 0 Å². The molecule has 24 heavy (non-hydrogen) atoms. The second-order valence-corrected chi connectivity index (χ2v) is 6.20. The SMILES string of the molecule is CN(C)C(CNC(=O)N1CCC(O)(C(F)(F)F)CC1)c1ccco1. The molecule has 1 atom stereocenters. The Balaban J connectivity index is 1.88. The quantitative estimate of drug-likeness (QED) is 0.872. The molecule has 0 aromatic carbocycles. The lowest BCUT2D eigenvalue weighted by Gasteiger charge is -2.39. The first kappa shape index (κ1) is 18.6. The maximum absolute atomic E-state index is 12.8. The molecule has 0 spiro atoms. The van der Waals surface area contributed by atoms with Crippen molar-refractivity contribution in [3.63, 3.8) is 0 Å². The van der Waals surface area contributed by atoms with Gasteiger partial charge in [0.05, 0.1) is 12.3 Å². The molecule has 9 heteroatoms. The third kappa shape index (κ3) is 4.02. The number of hydrogen-bond donors (Lipinski definition) is 2. The van der Waals surface area contributed by atoms with Crippen molar-refractivity contribution in [3.8, 4) is 0 Å². The highest BCUT2D eigenvalue weighted by atomic mass is 19.4. The Kier molecular flexibility index (Phi) is 5.44. The molecule has 2 heterocycles. The number of furan rings is 1. The lowest BCUT2D eigenvalue weighted by molar-refractivity contribution is -0.271. The summed E-state index contributed by atoms with van der Waals surface area (Å²) in [5.41, 5.74) is -2.70. The number of rotatable bonds is 4. The van der Waals surface area contributed by atoms with Gasteiger partial charge in [-0.25, -0.2) is 4.79 Å². The minimum Gasteiger partial charge on any atom is -0.468 e. The number of likely N-dealkylation sites (N-methyl/N-ethyl adjacent to an activating group) is 1. The monoisotopic (exact) mass is 349 g/mol. The van der Waals surface area contributed by atoms with Gasteiger partial charge in [-0.15, -0.1) is 0 Å². The molecule has 1 aliphatic rings. The highest BCUT2D eigenvalue weighted by Gasteiger charge is 2.54. The molecule has 0 saturated carbocycles. The van der Waals surface area contributed by atoms with Crippen LogP contribution < -0.4 is 5.32 Å².